The Morgan fingerprint density at radius 1 is 1.10 bits per heavy atom. The molecule has 0 saturated carbocycles. The van der Waals surface area contributed by atoms with E-state index in [1.165, 1.54) is 0 Å². The molecule has 0 fully saturated rings. The Morgan fingerprint density at radius 2 is 2.00 bits per heavy atom. The lowest BCUT2D eigenvalue weighted by Gasteiger charge is -2.17. The molecule has 8 heteroatoms. The van der Waals surface area contributed by atoms with Crippen molar-refractivity contribution in [3.8, 4) is 11.5 Å². The number of benzene rings is 1. The molecule has 1 amide bonds. The topological polar surface area (TPSA) is 82.4 Å². The summed E-state index contributed by atoms with van der Waals surface area (Å²) < 4.78 is 12.7. The minimum absolute atomic E-state index is 0.124. The van der Waals surface area contributed by atoms with Gasteiger partial charge in [-0.2, -0.15) is 0 Å². The van der Waals surface area contributed by atoms with Gasteiger partial charge in [-0.05, 0) is 35.9 Å². The van der Waals surface area contributed by atoms with E-state index in [2.05, 4.69) is 15.0 Å². The quantitative estimate of drug-likeness (QED) is 0.511. The zero-order valence-corrected chi connectivity index (χ0v) is 16.4. The summed E-state index contributed by atoms with van der Waals surface area (Å²) in [7, 11) is 1.76. The van der Waals surface area contributed by atoms with Crippen molar-refractivity contribution >= 4 is 17.1 Å². The molecule has 8 nitrogen and oxygen atoms in total. The van der Waals surface area contributed by atoms with E-state index in [0.717, 1.165) is 22.7 Å². The standard InChI is InChI=1S/C22H19N5O3/c1-26(11-15-5-6-19-20(8-15)30-14-29-19)22(28)16-9-18-21(24-10-16)27(13-25-18)12-17-4-2-3-7-23-17/h2-10,13H,11-12,14H2,1H3. The van der Waals surface area contributed by atoms with Gasteiger partial charge in [0.05, 0.1) is 24.1 Å². The fourth-order valence-electron chi connectivity index (χ4n) is 3.45. The lowest BCUT2D eigenvalue weighted by molar-refractivity contribution is 0.0784. The van der Waals surface area contributed by atoms with Gasteiger partial charge in [-0.3, -0.25) is 9.78 Å². The van der Waals surface area contributed by atoms with Crippen LogP contribution in [0.3, 0.4) is 0 Å². The summed E-state index contributed by atoms with van der Waals surface area (Å²) in [6.45, 7) is 1.25. The van der Waals surface area contributed by atoms with E-state index in [-0.39, 0.29) is 12.7 Å². The molecule has 1 aromatic carbocycles. The summed E-state index contributed by atoms with van der Waals surface area (Å²) in [5, 5.41) is 0. The number of ether oxygens (including phenoxy) is 2. The van der Waals surface area contributed by atoms with Crippen LogP contribution in [0.15, 0.2) is 61.2 Å². The lowest BCUT2D eigenvalue weighted by Crippen LogP contribution is -2.26. The van der Waals surface area contributed by atoms with Crippen LogP contribution in [-0.2, 0) is 13.1 Å². The molecule has 0 unspecified atom stereocenters. The van der Waals surface area contributed by atoms with Crippen molar-refractivity contribution in [2.75, 3.05) is 13.8 Å². The molecule has 1 aliphatic rings. The fourth-order valence-corrected chi connectivity index (χ4v) is 3.45. The third-order valence-electron chi connectivity index (χ3n) is 4.96. The first-order valence-electron chi connectivity index (χ1n) is 9.52. The number of fused-ring (bicyclic) bond motifs is 2. The van der Waals surface area contributed by atoms with Crippen LogP contribution in [0.25, 0.3) is 11.2 Å². The van der Waals surface area contributed by atoms with Gasteiger partial charge in [-0.25, -0.2) is 9.97 Å². The predicted octanol–water partition coefficient (Wildman–Crippen LogP) is 2.88. The van der Waals surface area contributed by atoms with Crippen LogP contribution < -0.4 is 9.47 Å². The smallest absolute Gasteiger partial charge is 0.255 e. The maximum atomic E-state index is 12.9. The van der Waals surface area contributed by atoms with Gasteiger partial charge in [-0.15, -0.1) is 0 Å². The molecular weight excluding hydrogens is 382 g/mol. The maximum absolute atomic E-state index is 12.9. The molecule has 5 rings (SSSR count). The highest BCUT2D eigenvalue weighted by atomic mass is 16.7. The Bertz CT molecular complexity index is 1220. The van der Waals surface area contributed by atoms with Gasteiger partial charge in [-0.1, -0.05) is 12.1 Å². The van der Waals surface area contributed by atoms with Crippen LogP contribution in [0.5, 0.6) is 11.5 Å². The highest BCUT2D eigenvalue weighted by molar-refractivity contribution is 5.96. The monoisotopic (exact) mass is 401 g/mol. The Hall–Kier alpha value is -3.94. The molecule has 0 radical (unpaired) electrons. The van der Waals surface area contributed by atoms with Crippen molar-refractivity contribution in [3.05, 3.63) is 78.0 Å². The van der Waals surface area contributed by atoms with Crippen LogP contribution in [0.2, 0.25) is 0 Å². The van der Waals surface area contributed by atoms with Gasteiger partial charge in [0.1, 0.15) is 5.52 Å². The van der Waals surface area contributed by atoms with Crippen molar-refractivity contribution in [1.82, 2.24) is 24.4 Å². The first-order chi connectivity index (χ1) is 14.7. The Labute approximate surface area is 172 Å². The minimum atomic E-state index is -0.124. The van der Waals surface area contributed by atoms with Gasteiger partial charge < -0.3 is 18.9 Å². The van der Waals surface area contributed by atoms with Crippen LogP contribution in [0, 0.1) is 0 Å². The molecule has 0 saturated heterocycles. The highest BCUT2D eigenvalue weighted by Crippen LogP contribution is 2.32. The molecule has 4 heterocycles. The van der Waals surface area contributed by atoms with E-state index in [1.807, 2.05) is 41.0 Å². The van der Waals surface area contributed by atoms with E-state index in [4.69, 9.17) is 9.47 Å². The van der Waals surface area contributed by atoms with Gasteiger partial charge in [0, 0.05) is 26.0 Å². The van der Waals surface area contributed by atoms with Crippen LogP contribution >= 0.6 is 0 Å². The number of carbonyl (C=O) groups excluding carboxylic acids is 1. The van der Waals surface area contributed by atoms with Gasteiger partial charge in [0.2, 0.25) is 6.79 Å². The molecule has 0 N–H and O–H groups in total. The number of imidazole rings is 1. The Balaban J connectivity index is 1.33. The summed E-state index contributed by atoms with van der Waals surface area (Å²) >= 11 is 0. The van der Waals surface area contributed by atoms with Crippen LogP contribution in [0.4, 0.5) is 0 Å². The number of aromatic nitrogens is 4. The number of pyridine rings is 2. The van der Waals surface area contributed by atoms with Crippen molar-refractivity contribution in [3.63, 3.8) is 0 Å². The molecule has 4 aromatic rings. The van der Waals surface area contributed by atoms with Crippen molar-refractivity contribution in [2.45, 2.75) is 13.1 Å². The van der Waals surface area contributed by atoms with Crippen molar-refractivity contribution in [1.29, 1.82) is 0 Å². The molecule has 1 aliphatic heterocycles. The summed E-state index contributed by atoms with van der Waals surface area (Å²) in [5.74, 6) is 1.31. The second kappa shape index (κ2) is 7.47. The lowest BCUT2D eigenvalue weighted by atomic mass is 10.1. The number of nitrogens with zero attached hydrogens (tertiary/aromatic N) is 5. The maximum Gasteiger partial charge on any atom is 0.255 e. The highest BCUT2D eigenvalue weighted by Gasteiger charge is 2.18. The molecule has 3 aromatic heterocycles. The number of hydrogen-bond acceptors (Lipinski definition) is 6. The Morgan fingerprint density at radius 3 is 2.87 bits per heavy atom. The normalized spacial score (nSPS) is 12.3. The van der Waals surface area contributed by atoms with Crippen molar-refractivity contribution in [2.24, 2.45) is 0 Å². The van der Waals surface area contributed by atoms with E-state index >= 15 is 0 Å². The van der Waals surface area contributed by atoms with E-state index in [9.17, 15) is 4.79 Å². The van der Waals surface area contributed by atoms with E-state index in [0.29, 0.717) is 29.9 Å². The number of amides is 1. The second-order valence-electron chi connectivity index (χ2n) is 7.11. The third kappa shape index (κ3) is 3.43. The number of hydrogen-bond donors (Lipinski definition) is 0. The van der Waals surface area contributed by atoms with Crippen molar-refractivity contribution < 1.29 is 14.3 Å². The molecule has 0 atom stereocenters. The second-order valence-corrected chi connectivity index (χ2v) is 7.11. The molecule has 30 heavy (non-hydrogen) atoms. The molecular formula is C22H19N5O3. The zero-order chi connectivity index (χ0) is 20.5. The van der Waals surface area contributed by atoms with Crippen LogP contribution in [-0.4, -0.2) is 44.2 Å². The molecule has 0 spiro atoms. The molecule has 0 bridgehead atoms. The number of rotatable bonds is 5. The van der Waals surface area contributed by atoms with Gasteiger partial charge in [0.15, 0.2) is 17.1 Å². The van der Waals surface area contributed by atoms with E-state index < -0.39 is 0 Å². The average Bonchev–Trinajstić information content (AvgIpc) is 3.40. The number of carbonyl (C=O) groups is 1. The zero-order valence-electron chi connectivity index (χ0n) is 16.4. The first-order valence-corrected chi connectivity index (χ1v) is 9.52. The summed E-state index contributed by atoms with van der Waals surface area (Å²) in [4.78, 5) is 27.8. The average molecular weight is 401 g/mol. The summed E-state index contributed by atoms with van der Waals surface area (Å²) in [6.07, 6.45) is 5.07. The minimum Gasteiger partial charge on any atom is -0.454 e. The van der Waals surface area contributed by atoms with Crippen LogP contribution in [0.1, 0.15) is 21.6 Å². The Kier molecular flexibility index (Phi) is 4.51. The molecule has 150 valence electrons. The molecule has 0 aliphatic carbocycles. The first kappa shape index (κ1) is 18.1. The third-order valence-corrected chi connectivity index (χ3v) is 4.96. The van der Waals surface area contributed by atoms with Gasteiger partial charge in [0.25, 0.3) is 5.91 Å². The summed E-state index contributed by atoms with van der Waals surface area (Å²) in [5.41, 5.74) is 3.77. The summed E-state index contributed by atoms with van der Waals surface area (Å²) in [6, 6.07) is 13.2. The fraction of sp³-hybridized carbons (Fsp3) is 0.182. The largest absolute Gasteiger partial charge is 0.454 e. The van der Waals surface area contributed by atoms with Gasteiger partial charge >= 0.3 is 0 Å². The van der Waals surface area contributed by atoms with E-state index in [1.54, 1.807) is 36.7 Å². The SMILES string of the molecule is CN(Cc1ccc2c(c1)OCO2)C(=O)c1cnc2c(c1)ncn2Cc1ccccn1. The predicted molar refractivity (Wildman–Crippen MR) is 109 cm³/mol.